The van der Waals surface area contributed by atoms with Crippen LogP contribution in [-0.4, -0.2) is 6.04 Å². The molecule has 1 atom stereocenters. The lowest BCUT2D eigenvalue weighted by molar-refractivity contribution is 0.347. The van der Waals surface area contributed by atoms with Gasteiger partial charge < -0.3 is 5.32 Å². The first-order valence-corrected chi connectivity index (χ1v) is 7.31. The van der Waals surface area contributed by atoms with Crippen molar-refractivity contribution in [3.63, 3.8) is 0 Å². The maximum atomic E-state index is 3.80. The van der Waals surface area contributed by atoms with Crippen molar-refractivity contribution in [3.05, 3.63) is 21.4 Å². The van der Waals surface area contributed by atoms with Crippen molar-refractivity contribution >= 4 is 11.3 Å². The first-order chi connectivity index (χ1) is 7.66. The van der Waals surface area contributed by atoms with Crippen molar-refractivity contribution in [2.75, 3.05) is 0 Å². The van der Waals surface area contributed by atoms with Crippen LogP contribution in [-0.2, 0) is 0 Å². The van der Waals surface area contributed by atoms with E-state index in [-0.39, 0.29) is 0 Å². The van der Waals surface area contributed by atoms with Gasteiger partial charge in [-0.2, -0.15) is 0 Å². The summed E-state index contributed by atoms with van der Waals surface area (Å²) in [5, 5.41) is 3.80. The lowest BCUT2D eigenvalue weighted by atomic mass is 9.94. The molecule has 90 valence electrons. The predicted octanol–water partition coefficient (Wildman–Crippen LogP) is 4.35. The summed E-state index contributed by atoms with van der Waals surface area (Å²) in [5.74, 6) is 0. The lowest BCUT2D eigenvalue weighted by Crippen LogP contribution is -2.33. The van der Waals surface area contributed by atoms with E-state index in [0.29, 0.717) is 6.04 Å². The molecule has 1 heterocycles. The van der Waals surface area contributed by atoms with Gasteiger partial charge in [0, 0.05) is 21.8 Å². The van der Waals surface area contributed by atoms with Crippen molar-refractivity contribution in [1.82, 2.24) is 5.32 Å². The zero-order chi connectivity index (χ0) is 11.5. The van der Waals surface area contributed by atoms with Crippen LogP contribution >= 0.6 is 11.3 Å². The summed E-state index contributed by atoms with van der Waals surface area (Å²) >= 11 is 1.92. The highest BCUT2D eigenvalue weighted by Crippen LogP contribution is 2.28. The standard InChI is InChI=1S/C14H23NS/c1-10-9-14(12(3)16-10)11(2)15-13-7-5-4-6-8-13/h9,11,13,15H,4-8H2,1-3H3. The molecule has 16 heavy (non-hydrogen) atoms. The molecule has 2 rings (SSSR count). The number of hydrogen-bond donors (Lipinski definition) is 1. The fourth-order valence-corrected chi connectivity index (χ4v) is 3.82. The highest BCUT2D eigenvalue weighted by Gasteiger charge is 2.18. The third-order valence-corrected chi connectivity index (χ3v) is 4.62. The Morgan fingerprint density at radius 3 is 2.50 bits per heavy atom. The lowest BCUT2D eigenvalue weighted by Gasteiger charge is -2.26. The van der Waals surface area contributed by atoms with Gasteiger partial charge in [0.15, 0.2) is 0 Å². The zero-order valence-corrected chi connectivity index (χ0v) is 11.5. The van der Waals surface area contributed by atoms with Crippen LogP contribution in [0.25, 0.3) is 0 Å². The number of nitrogens with one attached hydrogen (secondary N) is 1. The van der Waals surface area contributed by atoms with Gasteiger partial charge >= 0.3 is 0 Å². The Morgan fingerprint density at radius 2 is 1.94 bits per heavy atom. The van der Waals surface area contributed by atoms with E-state index < -0.39 is 0 Å². The van der Waals surface area contributed by atoms with Crippen LogP contribution in [0.15, 0.2) is 6.07 Å². The zero-order valence-electron chi connectivity index (χ0n) is 10.7. The second kappa shape index (κ2) is 5.33. The minimum absolute atomic E-state index is 0.521. The molecule has 1 saturated carbocycles. The van der Waals surface area contributed by atoms with Gasteiger partial charge in [-0.15, -0.1) is 11.3 Å². The molecule has 0 aliphatic heterocycles. The molecule has 0 aromatic carbocycles. The van der Waals surface area contributed by atoms with Crippen molar-refractivity contribution < 1.29 is 0 Å². The summed E-state index contributed by atoms with van der Waals surface area (Å²) in [7, 11) is 0. The van der Waals surface area contributed by atoms with Gasteiger partial charge in [-0.3, -0.25) is 0 Å². The second-order valence-electron chi connectivity index (χ2n) is 5.09. The molecule has 0 bridgehead atoms. The molecule has 0 amide bonds. The normalized spacial score (nSPS) is 19.9. The van der Waals surface area contributed by atoms with E-state index in [1.807, 2.05) is 11.3 Å². The topological polar surface area (TPSA) is 12.0 Å². The molecular weight excluding hydrogens is 214 g/mol. The number of rotatable bonds is 3. The SMILES string of the molecule is Cc1cc(C(C)NC2CCCCC2)c(C)s1. The summed E-state index contributed by atoms with van der Waals surface area (Å²) in [4.78, 5) is 2.91. The minimum Gasteiger partial charge on any atom is -0.307 e. The average molecular weight is 237 g/mol. The van der Waals surface area contributed by atoms with Crippen molar-refractivity contribution in [2.24, 2.45) is 0 Å². The van der Waals surface area contributed by atoms with E-state index in [4.69, 9.17) is 0 Å². The third kappa shape index (κ3) is 2.86. The van der Waals surface area contributed by atoms with Crippen LogP contribution in [0.1, 0.15) is 60.4 Å². The number of hydrogen-bond acceptors (Lipinski definition) is 2. The fraction of sp³-hybridized carbons (Fsp3) is 0.714. The monoisotopic (exact) mass is 237 g/mol. The number of thiophene rings is 1. The van der Waals surface area contributed by atoms with Crippen LogP contribution in [0.3, 0.4) is 0 Å². The predicted molar refractivity (Wildman–Crippen MR) is 72.2 cm³/mol. The van der Waals surface area contributed by atoms with Crippen LogP contribution < -0.4 is 5.32 Å². The highest BCUT2D eigenvalue weighted by atomic mass is 32.1. The molecule has 0 radical (unpaired) electrons. The van der Waals surface area contributed by atoms with Gasteiger partial charge in [0.05, 0.1) is 0 Å². The van der Waals surface area contributed by atoms with E-state index >= 15 is 0 Å². The molecule has 2 heteroatoms. The fourth-order valence-electron chi connectivity index (χ4n) is 2.79. The van der Waals surface area contributed by atoms with Gasteiger partial charge in [-0.05, 0) is 45.2 Å². The van der Waals surface area contributed by atoms with Crippen molar-refractivity contribution in [2.45, 2.75) is 65.0 Å². The maximum Gasteiger partial charge on any atom is 0.0305 e. The molecule has 1 unspecified atom stereocenters. The van der Waals surface area contributed by atoms with Crippen LogP contribution in [0.4, 0.5) is 0 Å². The molecule has 1 aromatic heterocycles. The molecule has 1 N–H and O–H groups in total. The summed E-state index contributed by atoms with van der Waals surface area (Å²) in [5.41, 5.74) is 1.51. The largest absolute Gasteiger partial charge is 0.307 e. The Bertz CT molecular complexity index is 337. The van der Waals surface area contributed by atoms with Gasteiger partial charge in [-0.1, -0.05) is 19.3 Å². The highest BCUT2D eigenvalue weighted by molar-refractivity contribution is 7.12. The van der Waals surface area contributed by atoms with Gasteiger partial charge in [0.2, 0.25) is 0 Å². The van der Waals surface area contributed by atoms with Gasteiger partial charge in [0.1, 0.15) is 0 Å². The molecule has 1 aliphatic carbocycles. The van der Waals surface area contributed by atoms with Gasteiger partial charge in [-0.25, -0.2) is 0 Å². The molecule has 0 saturated heterocycles. The molecule has 1 nitrogen and oxygen atoms in total. The first-order valence-electron chi connectivity index (χ1n) is 6.50. The van der Waals surface area contributed by atoms with E-state index in [1.54, 1.807) is 0 Å². The Morgan fingerprint density at radius 1 is 1.25 bits per heavy atom. The minimum atomic E-state index is 0.521. The Hall–Kier alpha value is -0.340. The van der Waals surface area contributed by atoms with Gasteiger partial charge in [0.25, 0.3) is 0 Å². The molecule has 0 spiro atoms. The van der Waals surface area contributed by atoms with Crippen LogP contribution in [0.5, 0.6) is 0 Å². The Kier molecular flexibility index (Phi) is 4.04. The van der Waals surface area contributed by atoms with Crippen molar-refractivity contribution in [3.8, 4) is 0 Å². The van der Waals surface area contributed by atoms with Crippen LogP contribution in [0.2, 0.25) is 0 Å². The van der Waals surface area contributed by atoms with E-state index in [1.165, 1.54) is 47.4 Å². The second-order valence-corrected chi connectivity index (χ2v) is 6.55. The first kappa shape index (κ1) is 12.1. The summed E-state index contributed by atoms with van der Waals surface area (Å²) < 4.78 is 0. The Labute approximate surface area is 103 Å². The molecule has 1 aliphatic rings. The molecule has 1 fully saturated rings. The summed E-state index contributed by atoms with van der Waals surface area (Å²) in [6.45, 7) is 6.75. The molecular formula is C14H23NS. The smallest absolute Gasteiger partial charge is 0.0305 e. The molecule has 1 aromatic rings. The van der Waals surface area contributed by atoms with E-state index in [9.17, 15) is 0 Å². The van der Waals surface area contributed by atoms with Crippen molar-refractivity contribution in [1.29, 1.82) is 0 Å². The van der Waals surface area contributed by atoms with E-state index in [2.05, 4.69) is 32.2 Å². The van der Waals surface area contributed by atoms with E-state index in [0.717, 1.165) is 6.04 Å². The average Bonchev–Trinajstić information content (AvgIpc) is 2.59. The third-order valence-electron chi connectivity index (χ3n) is 3.64. The van der Waals surface area contributed by atoms with Crippen LogP contribution in [0, 0.1) is 13.8 Å². The summed E-state index contributed by atoms with van der Waals surface area (Å²) in [6, 6.07) is 3.62. The maximum absolute atomic E-state index is 3.80. The number of aryl methyl sites for hydroxylation is 2. The Balaban J connectivity index is 1.96. The summed E-state index contributed by atoms with van der Waals surface area (Å²) in [6.07, 6.45) is 6.99. The quantitative estimate of drug-likeness (QED) is 0.824.